The molecule has 1 N–H and O–H groups in total. The average molecular weight is 270 g/mol. The summed E-state index contributed by atoms with van der Waals surface area (Å²) >= 11 is 0. The molecule has 2 heterocycles. The maximum atomic E-state index is 4.23. The number of nitrogens with zero attached hydrogens (tertiary/aromatic N) is 3. The van der Waals surface area contributed by atoms with Gasteiger partial charge in [-0.3, -0.25) is 4.68 Å². The second kappa shape index (κ2) is 6.09. The van der Waals surface area contributed by atoms with E-state index in [0.29, 0.717) is 6.04 Å². The standard InChI is InChI=1S/C16H22N4/c1-19-11-7-16(8-12-19)18-15-5-3-14(4-6-15)13-20-10-2-9-17-20/h2-6,9-10,16,18H,7-8,11-13H2,1H3. The Balaban J connectivity index is 1.56. The zero-order chi connectivity index (χ0) is 13.8. The molecule has 0 unspecified atom stereocenters. The highest BCUT2D eigenvalue weighted by atomic mass is 15.3. The first-order valence-corrected chi connectivity index (χ1v) is 7.31. The van der Waals surface area contributed by atoms with E-state index in [4.69, 9.17) is 0 Å². The number of likely N-dealkylation sites (tertiary alicyclic amines) is 1. The quantitative estimate of drug-likeness (QED) is 0.926. The van der Waals surface area contributed by atoms with Gasteiger partial charge in [-0.15, -0.1) is 0 Å². The Morgan fingerprint density at radius 3 is 2.60 bits per heavy atom. The summed E-state index contributed by atoms with van der Waals surface area (Å²) in [5.41, 5.74) is 2.51. The molecule has 0 bridgehead atoms. The van der Waals surface area contributed by atoms with Crippen LogP contribution in [-0.4, -0.2) is 40.9 Å². The summed E-state index contributed by atoms with van der Waals surface area (Å²) in [4.78, 5) is 2.39. The number of nitrogens with one attached hydrogen (secondary N) is 1. The molecule has 4 nitrogen and oxygen atoms in total. The summed E-state index contributed by atoms with van der Waals surface area (Å²) in [6.07, 6.45) is 6.26. The van der Waals surface area contributed by atoms with Crippen LogP contribution in [0, 0.1) is 0 Å². The van der Waals surface area contributed by atoms with Gasteiger partial charge in [0, 0.05) is 24.1 Å². The summed E-state index contributed by atoms with van der Waals surface area (Å²) in [5, 5.41) is 7.87. The highest BCUT2D eigenvalue weighted by Gasteiger charge is 2.15. The molecule has 1 saturated heterocycles. The fourth-order valence-corrected chi connectivity index (χ4v) is 2.68. The van der Waals surface area contributed by atoms with E-state index >= 15 is 0 Å². The van der Waals surface area contributed by atoms with E-state index in [9.17, 15) is 0 Å². The monoisotopic (exact) mass is 270 g/mol. The molecule has 1 aliphatic heterocycles. The summed E-state index contributed by atoms with van der Waals surface area (Å²) in [5.74, 6) is 0. The van der Waals surface area contributed by atoms with E-state index < -0.39 is 0 Å². The van der Waals surface area contributed by atoms with Gasteiger partial charge in [-0.05, 0) is 56.7 Å². The maximum absolute atomic E-state index is 4.23. The van der Waals surface area contributed by atoms with Crippen molar-refractivity contribution in [3.8, 4) is 0 Å². The van der Waals surface area contributed by atoms with Gasteiger partial charge in [-0.25, -0.2) is 0 Å². The van der Waals surface area contributed by atoms with Crippen LogP contribution >= 0.6 is 0 Å². The third-order valence-electron chi connectivity index (χ3n) is 3.95. The molecule has 20 heavy (non-hydrogen) atoms. The predicted octanol–water partition coefficient (Wildman–Crippen LogP) is 2.44. The van der Waals surface area contributed by atoms with Crippen molar-refractivity contribution >= 4 is 5.69 Å². The Morgan fingerprint density at radius 2 is 1.95 bits per heavy atom. The molecule has 0 saturated carbocycles. The van der Waals surface area contributed by atoms with Crippen molar-refractivity contribution < 1.29 is 0 Å². The lowest BCUT2D eigenvalue weighted by Gasteiger charge is -2.30. The molecule has 1 fully saturated rings. The smallest absolute Gasteiger partial charge is 0.0659 e. The number of benzene rings is 1. The van der Waals surface area contributed by atoms with Crippen molar-refractivity contribution in [2.75, 3.05) is 25.5 Å². The van der Waals surface area contributed by atoms with Gasteiger partial charge in [-0.1, -0.05) is 12.1 Å². The number of hydrogen-bond donors (Lipinski definition) is 1. The van der Waals surface area contributed by atoms with Gasteiger partial charge in [0.2, 0.25) is 0 Å². The fraction of sp³-hybridized carbons (Fsp3) is 0.438. The summed E-state index contributed by atoms with van der Waals surface area (Å²) in [6.45, 7) is 3.21. The van der Waals surface area contributed by atoms with Crippen molar-refractivity contribution in [2.45, 2.75) is 25.4 Å². The zero-order valence-electron chi connectivity index (χ0n) is 12.0. The number of piperidine rings is 1. The lowest BCUT2D eigenvalue weighted by molar-refractivity contribution is 0.264. The maximum Gasteiger partial charge on any atom is 0.0659 e. The Kier molecular flexibility index (Phi) is 4.02. The van der Waals surface area contributed by atoms with E-state index in [2.05, 4.69) is 46.6 Å². The van der Waals surface area contributed by atoms with Crippen LogP contribution in [0.5, 0.6) is 0 Å². The van der Waals surface area contributed by atoms with E-state index in [1.807, 2.05) is 23.1 Å². The van der Waals surface area contributed by atoms with Crippen LogP contribution < -0.4 is 5.32 Å². The molecule has 1 aliphatic rings. The van der Waals surface area contributed by atoms with Crippen molar-refractivity contribution in [1.29, 1.82) is 0 Å². The first-order chi connectivity index (χ1) is 9.79. The van der Waals surface area contributed by atoms with Crippen LogP contribution in [-0.2, 0) is 6.54 Å². The minimum atomic E-state index is 0.614. The van der Waals surface area contributed by atoms with Crippen molar-refractivity contribution in [3.63, 3.8) is 0 Å². The molecular weight excluding hydrogens is 248 g/mol. The van der Waals surface area contributed by atoms with E-state index in [1.165, 1.54) is 37.2 Å². The Hall–Kier alpha value is -1.81. The molecule has 106 valence electrons. The Labute approximate surface area is 120 Å². The fourth-order valence-electron chi connectivity index (χ4n) is 2.68. The normalized spacial score (nSPS) is 17.2. The lowest BCUT2D eigenvalue weighted by Crippen LogP contribution is -2.36. The van der Waals surface area contributed by atoms with Gasteiger partial charge in [-0.2, -0.15) is 5.10 Å². The minimum absolute atomic E-state index is 0.614. The van der Waals surface area contributed by atoms with Gasteiger partial charge in [0.25, 0.3) is 0 Å². The third kappa shape index (κ3) is 3.39. The van der Waals surface area contributed by atoms with E-state index in [0.717, 1.165) is 6.54 Å². The molecule has 0 atom stereocenters. The van der Waals surface area contributed by atoms with Gasteiger partial charge in [0.05, 0.1) is 6.54 Å². The van der Waals surface area contributed by atoms with Crippen LogP contribution in [0.15, 0.2) is 42.7 Å². The zero-order valence-corrected chi connectivity index (χ0v) is 12.0. The van der Waals surface area contributed by atoms with Crippen molar-refractivity contribution in [3.05, 3.63) is 48.3 Å². The van der Waals surface area contributed by atoms with Crippen LogP contribution in [0.3, 0.4) is 0 Å². The van der Waals surface area contributed by atoms with Crippen LogP contribution in [0.25, 0.3) is 0 Å². The predicted molar refractivity (Wildman–Crippen MR) is 81.9 cm³/mol. The Morgan fingerprint density at radius 1 is 1.20 bits per heavy atom. The summed E-state index contributed by atoms with van der Waals surface area (Å²) in [6, 6.07) is 11.3. The second-order valence-corrected chi connectivity index (χ2v) is 5.62. The van der Waals surface area contributed by atoms with E-state index in [1.54, 1.807) is 0 Å². The molecular formula is C16H22N4. The van der Waals surface area contributed by atoms with E-state index in [-0.39, 0.29) is 0 Å². The second-order valence-electron chi connectivity index (χ2n) is 5.62. The number of anilines is 1. The van der Waals surface area contributed by atoms with Crippen LogP contribution in [0.2, 0.25) is 0 Å². The number of hydrogen-bond acceptors (Lipinski definition) is 3. The van der Waals surface area contributed by atoms with Crippen LogP contribution in [0.4, 0.5) is 5.69 Å². The SMILES string of the molecule is CN1CCC(Nc2ccc(Cn3cccn3)cc2)CC1. The number of rotatable bonds is 4. The molecule has 2 aromatic rings. The Bertz CT molecular complexity index is 510. The largest absolute Gasteiger partial charge is 0.382 e. The molecule has 0 radical (unpaired) electrons. The van der Waals surface area contributed by atoms with Crippen LogP contribution in [0.1, 0.15) is 18.4 Å². The molecule has 3 rings (SSSR count). The van der Waals surface area contributed by atoms with Crippen molar-refractivity contribution in [1.82, 2.24) is 14.7 Å². The highest BCUT2D eigenvalue weighted by molar-refractivity contribution is 5.45. The summed E-state index contributed by atoms with van der Waals surface area (Å²) in [7, 11) is 2.19. The molecule has 0 aliphatic carbocycles. The highest BCUT2D eigenvalue weighted by Crippen LogP contribution is 2.16. The molecule has 1 aromatic heterocycles. The topological polar surface area (TPSA) is 33.1 Å². The van der Waals surface area contributed by atoms with Gasteiger partial charge < -0.3 is 10.2 Å². The van der Waals surface area contributed by atoms with Gasteiger partial charge in [0.1, 0.15) is 0 Å². The molecule has 1 aromatic carbocycles. The first kappa shape index (κ1) is 13.2. The summed E-state index contributed by atoms with van der Waals surface area (Å²) < 4.78 is 1.94. The number of aromatic nitrogens is 2. The average Bonchev–Trinajstić information content (AvgIpc) is 2.96. The third-order valence-corrected chi connectivity index (χ3v) is 3.95. The first-order valence-electron chi connectivity index (χ1n) is 7.31. The molecule has 4 heteroatoms. The molecule has 0 spiro atoms. The lowest BCUT2D eigenvalue weighted by atomic mass is 10.0. The van der Waals surface area contributed by atoms with Crippen molar-refractivity contribution in [2.24, 2.45) is 0 Å². The van der Waals surface area contributed by atoms with Gasteiger partial charge >= 0.3 is 0 Å². The molecule has 0 amide bonds. The minimum Gasteiger partial charge on any atom is -0.382 e. The van der Waals surface area contributed by atoms with Gasteiger partial charge in [0.15, 0.2) is 0 Å².